The molecular weight excluding hydrogens is 341 g/mol. The molecule has 112 valence electrons. The molecule has 4 unspecified atom stereocenters. The second-order valence-electron chi connectivity index (χ2n) is 1.67. The van der Waals surface area contributed by atoms with E-state index in [2.05, 4.69) is 0 Å². The predicted octanol–water partition coefficient (Wildman–Crippen LogP) is -3.82. The van der Waals surface area contributed by atoms with Gasteiger partial charge in [0.2, 0.25) is 0 Å². The van der Waals surface area contributed by atoms with Crippen LogP contribution in [0.25, 0.3) is 0 Å². The molecule has 0 aromatic heterocycles. The van der Waals surface area contributed by atoms with Gasteiger partial charge in [-0.3, -0.25) is 4.21 Å². The number of rotatable bonds is 0. The van der Waals surface area contributed by atoms with E-state index in [0.717, 1.165) is 6.26 Å². The molecule has 6 N–H and O–H groups in total. The van der Waals surface area contributed by atoms with Crippen LogP contribution in [0, 0.1) is 0 Å². The normalized spacial score (nSPS) is 13.8. The maximum atomic E-state index is 9.11. The fourth-order valence-electron chi connectivity index (χ4n) is 0. The first-order chi connectivity index (χ1) is 6.93. The molecule has 0 bridgehead atoms. The molecule has 0 aromatic carbocycles. The molecule has 0 saturated heterocycles. The summed E-state index contributed by atoms with van der Waals surface area (Å²) >= 11 is -6.69. The molecule has 0 amide bonds. The van der Waals surface area contributed by atoms with E-state index in [9.17, 15) is 0 Å². The van der Waals surface area contributed by atoms with Crippen LogP contribution in [0.3, 0.4) is 0 Å². The van der Waals surface area contributed by atoms with E-state index >= 15 is 0 Å². The molecule has 9 nitrogen and oxygen atoms in total. The molecule has 0 heterocycles. The first kappa shape index (κ1) is 36.6. The van der Waals surface area contributed by atoms with Crippen LogP contribution in [0.4, 0.5) is 0 Å². The van der Waals surface area contributed by atoms with Gasteiger partial charge in [0.05, 0.1) is 0 Å². The summed E-state index contributed by atoms with van der Waals surface area (Å²) < 4.78 is 67.9. The van der Waals surface area contributed by atoms with E-state index in [4.69, 9.17) is 35.0 Å². The summed E-state index contributed by atoms with van der Waals surface area (Å²) in [6.45, 7) is 0. The van der Waals surface area contributed by atoms with Gasteiger partial charge in [0.1, 0.15) is 33.2 Å². The van der Waals surface area contributed by atoms with Crippen molar-refractivity contribution >= 4 is 44.3 Å². The zero-order chi connectivity index (χ0) is 14.3. The van der Waals surface area contributed by atoms with Crippen LogP contribution in [-0.4, -0.2) is 60.1 Å². The molecule has 0 spiro atoms. The van der Waals surface area contributed by atoms with Gasteiger partial charge < -0.3 is 24.4 Å². The Labute approximate surface area is 139 Å². The molecule has 18 heavy (non-hydrogen) atoms. The summed E-state index contributed by atoms with van der Waals surface area (Å²) in [4.78, 5) is 0. The van der Waals surface area contributed by atoms with Crippen LogP contribution >= 0.6 is 0 Å². The van der Waals surface area contributed by atoms with E-state index in [1.54, 1.807) is 0 Å². The van der Waals surface area contributed by atoms with Crippen LogP contribution in [0.1, 0.15) is 0 Å². The van der Waals surface area contributed by atoms with Crippen LogP contribution in [-0.2, 0) is 44.3 Å². The maximum absolute atomic E-state index is 9.11. The monoisotopic (exact) mass is 359 g/mol. The van der Waals surface area contributed by atoms with Gasteiger partial charge in [0.25, 0.3) is 0 Å². The van der Waals surface area contributed by atoms with Crippen LogP contribution in [0.2, 0.25) is 0 Å². The van der Waals surface area contributed by atoms with E-state index in [-0.39, 0.29) is 35.7 Å². The Morgan fingerprint density at radius 2 is 0.722 bits per heavy atom. The summed E-state index contributed by atoms with van der Waals surface area (Å²) in [5.74, 6) is 0. The number of hydrogen-bond acceptors (Lipinski definition) is 6. The van der Waals surface area contributed by atoms with Gasteiger partial charge in [-0.2, -0.15) is 0 Å². The molecule has 0 radical (unpaired) electrons. The summed E-state index contributed by atoms with van der Waals surface area (Å²) in [7, 11) is 0. The first-order valence-corrected chi connectivity index (χ1v) is 9.04. The van der Waals surface area contributed by atoms with Gasteiger partial charge in [-0.1, -0.05) is 11.1 Å². The van der Waals surface area contributed by atoms with Crippen molar-refractivity contribution in [3.8, 4) is 0 Å². The molecule has 0 fully saturated rings. The van der Waals surface area contributed by atoms with Gasteiger partial charge in [-0.25, -0.2) is 12.6 Å². The van der Waals surface area contributed by atoms with Gasteiger partial charge in [-0.05, 0) is 6.26 Å². The van der Waals surface area contributed by atoms with Crippen molar-refractivity contribution in [3.63, 3.8) is 0 Å². The fraction of sp³-hybridized carbons (Fsp3) is 1.00. The molecule has 4 atom stereocenters. The van der Waals surface area contributed by atoms with Crippen molar-refractivity contribution in [1.29, 1.82) is 0 Å². The van der Waals surface area contributed by atoms with Crippen molar-refractivity contribution in [2.24, 2.45) is 0 Å². The Balaban J connectivity index is -0.0000000257. The van der Waals surface area contributed by atoms with Crippen molar-refractivity contribution in [2.75, 3.05) is 25.0 Å². The third-order valence-electron chi connectivity index (χ3n) is 0. The molecule has 0 aliphatic heterocycles. The molecule has 14 heteroatoms. The summed E-state index contributed by atoms with van der Waals surface area (Å²) in [6.07, 6.45) is 4.67. The van der Waals surface area contributed by atoms with Crippen molar-refractivity contribution < 1.29 is 64.6 Å². The zero-order valence-electron chi connectivity index (χ0n) is 10.7. The molecule has 0 rings (SSSR count). The topological polar surface area (TPSA) is 187 Å². The Morgan fingerprint density at radius 1 is 0.722 bits per heavy atom. The summed E-state index contributed by atoms with van der Waals surface area (Å²) in [6, 6.07) is 0. The van der Waals surface area contributed by atoms with Crippen molar-refractivity contribution in [1.82, 2.24) is 6.15 Å². The van der Waals surface area contributed by atoms with Gasteiger partial charge >= 0.3 is 29.6 Å². The standard InChI is InChI=1S/4CH4O2S.H3N.Na/c4*1-4(2)3;;/h4*1H3,(H,2,3);1H3;/q;;;;;+1/p-1. The molecule has 0 saturated carbocycles. The van der Waals surface area contributed by atoms with Crippen LogP contribution in [0.15, 0.2) is 0 Å². The second-order valence-corrected chi connectivity index (χ2v) is 5.02. The van der Waals surface area contributed by atoms with Crippen molar-refractivity contribution in [3.05, 3.63) is 0 Å². The van der Waals surface area contributed by atoms with E-state index in [1.807, 2.05) is 0 Å². The van der Waals surface area contributed by atoms with Crippen LogP contribution in [0.5, 0.6) is 0 Å². The van der Waals surface area contributed by atoms with E-state index in [1.165, 1.54) is 18.8 Å². The largest absolute Gasteiger partial charge is 1.00 e. The summed E-state index contributed by atoms with van der Waals surface area (Å²) in [5, 5.41) is 0. The molecule has 0 aromatic rings. The van der Waals surface area contributed by atoms with E-state index < -0.39 is 44.3 Å². The quantitative estimate of drug-likeness (QED) is 0.248. The maximum Gasteiger partial charge on any atom is 1.00 e. The van der Waals surface area contributed by atoms with E-state index in [0.29, 0.717) is 0 Å². The average Bonchev–Trinajstić information content (AvgIpc) is 1.76. The Hall–Kier alpha value is 1.40. The molecule has 0 aliphatic rings. The molecular formula is C4H18NNaO8S4. The Kier molecular flexibility index (Phi) is 63.0. The minimum Gasteiger partial charge on any atom is -0.773 e. The van der Waals surface area contributed by atoms with Gasteiger partial charge in [0.15, 0.2) is 0 Å². The minimum atomic E-state index is -1.86. The smallest absolute Gasteiger partial charge is 0.773 e. The first-order valence-electron chi connectivity index (χ1n) is 3.01. The van der Waals surface area contributed by atoms with Gasteiger partial charge in [-0.15, -0.1) is 0 Å². The van der Waals surface area contributed by atoms with Crippen molar-refractivity contribution in [2.45, 2.75) is 0 Å². The number of hydrogen-bond donors (Lipinski definition) is 4. The minimum absolute atomic E-state index is 0. The zero-order valence-corrected chi connectivity index (χ0v) is 16.0. The molecule has 0 aliphatic carbocycles. The third-order valence-corrected chi connectivity index (χ3v) is 0. The average molecular weight is 359 g/mol. The Bertz CT molecular complexity index is 175. The van der Waals surface area contributed by atoms with Crippen LogP contribution < -0.4 is 35.7 Å². The predicted molar refractivity (Wildman–Crippen MR) is 70.0 cm³/mol. The Morgan fingerprint density at radius 3 is 0.722 bits per heavy atom. The summed E-state index contributed by atoms with van der Waals surface area (Å²) in [5.41, 5.74) is 0. The SMILES string of the molecule is CS(=O)O.CS(=O)O.CS(=O)O.CS(=O)[O-].N.[Na+]. The second kappa shape index (κ2) is 31.0. The third kappa shape index (κ3) is 2390. The fourth-order valence-corrected chi connectivity index (χ4v) is 0. The van der Waals surface area contributed by atoms with Gasteiger partial charge in [0, 0.05) is 18.8 Å².